The molecule has 1 heterocycles. The standard InChI is InChI=1S/C31H28N2O3/c1-30(2,3)22-14-21-15-24(29(34)36-28(21)26(16-22)31(4,5)6)19-10-12-23(13-11-19)35-27-9-7-8-20(17-32)25(27)18-33/h7-16H,1-6H3. The highest BCUT2D eigenvalue weighted by Crippen LogP contribution is 2.36. The van der Waals surface area contributed by atoms with Crippen molar-refractivity contribution in [1.82, 2.24) is 0 Å². The topological polar surface area (TPSA) is 87.0 Å². The van der Waals surface area contributed by atoms with Gasteiger partial charge in [0.2, 0.25) is 0 Å². The number of ether oxygens (including phenoxy) is 1. The van der Waals surface area contributed by atoms with E-state index in [2.05, 4.69) is 53.7 Å². The van der Waals surface area contributed by atoms with Crippen LogP contribution in [0.2, 0.25) is 0 Å². The van der Waals surface area contributed by atoms with Crippen LogP contribution in [0.5, 0.6) is 11.5 Å². The molecule has 0 spiro atoms. The van der Waals surface area contributed by atoms with Crippen molar-refractivity contribution in [1.29, 1.82) is 10.5 Å². The van der Waals surface area contributed by atoms with Crippen LogP contribution in [0.1, 0.15) is 63.8 Å². The van der Waals surface area contributed by atoms with Gasteiger partial charge >= 0.3 is 5.63 Å². The SMILES string of the molecule is CC(C)(C)c1cc(C(C)(C)C)c2oc(=O)c(-c3ccc(Oc4cccc(C#N)c4C#N)cc3)cc2c1. The second-order valence-electron chi connectivity index (χ2n) is 10.9. The van der Waals surface area contributed by atoms with Crippen molar-refractivity contribution in [3.63, 3.8) is 0 Å². The number of hydrogen-bond acceptors (Lipinski definition) is 5. The first kappa shape index (κ1) is 24.8. The Hall–Kier alpha value is -4.35. The van der Waals surface area contributed by atoms with Gasteiger partial charge in [-0.15, -0.1) is 0 Å². The maximum atomic E-state index is 13.1. The minimum absolute atomic E-state index is 0.0609. The summed E-state index contributed by atoms with van der Waals surface area (Å²) in [5.74, 6) is 0.791. The molecule has 0 aliphatic rings. The van der Waals surface area contributed by atoms with E-state index in [9.17, 15) is 15.3 Å². The van der Waals surface area contributed by atoms with Crippen LogP contribution in [0.15, 0.2) is 69.9 Å². The average Bonchev–Trinajstić information content (AvgIpc) is 2.82. The predicted molar refractivity (Wildman–Crippen MR) is 141 cm³/mol. The van der Waals surface area contributed by atoms with Crippen LogP contribution in [0.25, 0.3) is 22.1 Å². The molecule has 0 aliphatic carbocycles. The minimum Gasteiger partial charge on any atom is -0.456 e. The van der Waals surface area contributed by atoms with E-state index < -0.39 is 5.63 Å². The molecule has 0 saturated carbocycles. The fourth-order valence-electron chi connectivity index (χ4n) is 4.08. The Morgan fingerprint density at radius 2 is 1.53 bits per heavy atom. The van der Waals surface area contributed by atoms with Crippen LogP contribution in [0.3, 0.4) is 0 Å². The van der Waals surface area contributed by atoms with Gasteiger partial charge < -0.3 is 9.15 Å². The smallest absolute Gasteiger partial charge is 0.344 e. The third kappa shape index (κ3) is 4.74. The monoisotopic (exact) mass is 476 g/mol. The van der Waals surface area contributed by atoms with Crippen LogP contribution >= 0.6 is 0 Å². The van der Waals surface area contributed by atoms with Gasteiger partial charge in [0.15, 0.2) is 0 Å². The molecule has 0 saturated heterocycles. The molecule has 5 heteroatoms. The van der Waals surface area contributed by atoms with Crippen molar-refractivity contribution >= 4 is 11.0 Å². The van der Waals surface area contributed by atoms with Gasteiger partial charge in [0.25, 0.3) is 0 Å². The second-order valence-corrected chi connectivity index (χ2v) is 10.9. The molecule has 0 bridgehead atoms. The lowest BCUT2D eigenvalue weighted by Crippen LogP contribution is -2.17. The second kappa shape index (κ2) is 9.02. The predicted octanol–water partition coefficient (Wildman–Crippen LogP) is 7.59. The maximum Gasteiger partial charge on any atom is 0.344 e. The highest BCUT2D eigenvalue weighted by molar-refractivity contribution is 5.86. The zero-order valence-electron chi connectivity index (χ0n) is 21.4. The number of nitrogens with zero attached hydrogens (tertiary/aromatic N) is 2. The van der Waals surface area contributed by atoms with E-state index in [0.29, 0.717) is 28.2 Å². The molecule has 0 atom stereocenters. The molecule has 1 aromatic heterocycles. The van der Waals surface area contributed by atoms with Crippen LogP contribution in [0.4, 0.5) is 0 Å². The highest BCUT2D eigenvalue weighted by Gasteiger charge is 2.24. The van der Waals surface area contributed by atoms with E-state index in [0.717, 1.165) is 10.9 Å². The van der Waals surface area contributed by atoms with Crippen molar-refractivity contribution in [2.45, 2.75) is 52.4 Å². The van der Waals surface area contributed by atoms with Gasteiger partial charge in [-0.3, -0.25) is 0 Å². The summed E-state index contributed by atoms with van der Waals surface area (Å²) in [7, 11) is 0. The van der Waals surface area contributed by atoms with Crippen molar-refractivity contribution < 1.29 is 9.15 Å². The summed E-state index contributed by atoms with van der Waals surface area (Å²) in [5.41, 5.74) is 3.74. The first-order chi connectivity index (χ1) is 16.9. The summed E-state index contributed by atoms with van der Waals surface area (Å²) in [5, 5.41) is 19.5. The first-order valence-corrected chi connectivity index (χ1v) is 11.8. The van der Waals surface area contributed by atoms with Gasteiger partial charge in [0.05, 0.1) is 11.1 Å². The lowest BCUT2D eigenvalue weighted by atomic mass is 9.79. The van der Waals surface area contributed by atoms with Gasteiger partial charge in [0, 0.05) is 10.9 Å². The Balaban J connectivity index is 1.77. The number of nitriles is 2. The molecule has 5 nitrogen and oxygen atoms in total. The summed E-state index contributed by atoms with van der Waals surface area (Å²) in [6.45, 7) is 12.9. The van der Waals surface area contributed by atoms with Crippen molar-refractivity contribution in [3.8, 4) is 34.8 Å². The molecule has 36 heavy (non-hydrogen) atoms. The Kier molecular flexibility index (Phi) is 6.21. The number of hydrogen-bond donors (Lipinski definition) is 0. The zero-order valence-corrected chi connectivity index (χ0v) is 21.4. The lowest BCUT2D eigenvalue weighted by molar-refractivity contribution is 0.481. The molecular formula is C31H28N2O3. The molecule has 4 aromatic rings. The third-order valence-electron chi connectivity index (χ3n) is 6.16. The van der Waals surface area contributed by atoms with Gasteiger partial charge in [0.1, 0.15) is 34.8 Å². The number of rotatable bonds is 3. The van der Waals surface area contributed by atoms with E-state index in [1.54, 1.807) is 42.5 Å². The van der Waals surface area contributed by atoms with E-state index in [1.807, 2.05) is 18.2 Å². The normalized spacial score (nSPS) is 11.7. The first-order valence-electron chi connectivity index (χ1n) is 11.8. The van der Waals surface area contributed by atoms with Gasteiger partial charge in [-0.25, -0.2) is 4.79 Å². The summed E-state index contributed by atoms with van der Waals surface area (Å²) in [6, 6.07) is 22.1. The maximum absolute atomic E-state index is 13.1. The van der Waals surface area contributed by atoms with Gasteiger partial charge in [-0.2, -0.15) is 10.5 Å². The minimum atomic E-state index is -0.404. The summed E-state index contributed by atoms with van der Waals surface area (Å²) >= 11 is 0. The molecule has 4 rings (SSSR count). The molecular weight excluding hydrogens is 448 g/mol. The quantitative estimate of drug-likeness (QED) is 0.284. The zero-order chi connectivity index (χ0) is 26.3. The van der Waals surface area contributed by atoms with E-state index >= 15 is 0 Å². The molecule has 0 unspecified atom stereocenters. The van der Waals surface area contributed by atoms with Crippen molar-refractivity contribution in [2.75, 3.05) is 0 Å². The lowest BCUT2D eigenvalue weighted by Gasteiger charge is -2.26. The summed E-state index contributed by atoms with van der Waals surface area (Å²) in [4.78, 5) is 13.1. The van der Waals surface area contributed by atoms with Crippen molar-refractivity contribution in [3.05, 3.63) is 93.3 Å². The average molecular weight is 477 g/mol. The fraction of sp³-hybridized carbons (Fsp3) is 0.258. The molecule has 3 aromatic carbocycles. The molecule has 0 N–H and O–H groups in total. The molecule has 0 aliphatic heterocycles. The highest BCUT2D eigenvalue weighted by atomic mass is 16.5. The fourth-order valence-corrected chi connectivity index (χ4v) is 4.08. The van der Waals surface area contributed by atoms with Crippen LogP contribution in [-0.2, 0) is 10.8 Å². The molecule has 180 valence electrons. The van der Waals surface area contributed by atoms with Crippen molar-refractivity contribution in [2.24, 2.45) is 0 Å². The van der Waals surface area contributed by atoms with Crippen LogP contribution in [-0.4, -0.2) is 0 Å². The Labute approximate surface area is 211 Å². The van der Waals surface area contributed by atoms with E-state index in [1.165, 1.54) is 5.56 Å². The van der Waals surface area contributed by atoms with Gasteiger partial charge in [-0.1, -0.05) is 65.8 Å². The van der Waals surface area contributed by atoms with Crippen LogP contribution < -0.4 is 10.4 Å². The Morgan fingerprint density at radius 1 is 0.833 bits per heavy atom. The number of benzene rings is 3. The number of fused-ring (bicyclic) bond motifs is 1. The Bertz CT molecular complexity index is 1600. The van der Waals surface area contributed by atoms with E-state index in [-0.39, 0.29) is 22.0 Å². The molecule has 0 fully saturated rings. The Morgan fingerprint density at radius 3 is 2.11 bits per heavy atom. The molecule has 0 radical (unpaired) electrons. The van der Waals surface area contributed by atoms with E-state index in [4.69, 9.17) is 9.15 Å². The van der Waals surface area contributed by atoms with Gasteiger partial charge in [-0.05, 0) is 58.4 Å². The third-order valence-corrected chi connectivity index (χ3v) is 6.16. The summed E-state index contributed by atoms with van der Waals surface area (Å²) < 4.78 is 11.8. The van der Waals surface area contributed by atoms with Crippen LogP contribution in [0, 0.1) is 22.7 Å². The largest absolute Gasteiger partial charge is 0.456 e. The summed E-state index contributed by atoms with van der Waals surface area (Å²) in [6.07, 6.45) is 0. The molecule has 0 amide bonds.